The quantitative estimate of drug-likeness (QED) is 0.293. The fourth-order valence-electron chi connectivity index (χ4n) is 3.07. The maximum Gasteiger partial charge on any atom is 0.191 e. The molecule has 8 heteroatoms. The van der Waals surface area contributed by atoms with Crippen LogP contribution in [-0.2, 0) is 11.3 Å². The zero-order valence-electron chi connectivity index (χ0n) is 16.5. The summed E-state index contributed by atoms with van der Waals surface area (Å²) in [5.74, 6) is 1.73. The minimum Gasteiger partial charge on any atom is -0.496 e. The normalized spacial score (nSPS) is 15.9. The van der Waals surface area contributed by atoms with Crippen molar-refractivity contribution in [3.8, 4) is 5.75 Å². The van der Waals surface area contributed by atoms with Crippen molar-refractivity contribution in [2.45, 2.75) is 32.4 Å². The fraction of sp³-hybridized carbons (Fsp3) is 0.632. The molecule has 0 atom stereocenters. The summed E-state index contributed by atoms with van der Waals surface area (Å²) in [6, 6.07) is 6.45. The van der Waals surface area contributed by atoms with Gasteiger partial charge in [0, 0.05) is 49.4 Å². The number of nitrogens with zero attached hydrogens (tertiary/aromatic N) is 2. The van der Waals surface area contributed by atoms with Gasteiger partial charge in [-0.3, -0.25) is 0 Å². The first kappa shape index (κ1) is 24.5. The molecular formula is C19H32BrIN4O2. The van der Waals surface area contributed by atoms with E-state index in [9.17, 15) is 0 Å². The molecule has 6 nitrogen and oxygen atoms in total. The third kappa shape index (κ3) is 8.53. The molecule has 1 aliphatic heterocycles. The van der Waals surface area contributed by atoms with Gasteiger partial charge in [-0.25, -0.2) is 4.99 Å². The maximum absolute atomic E-state index is 5.44. The van der Waals surface area contributed by atoms with Crippen LogP contribution in [0.4, 0.5) is 0 Å². The molecule has 0 spiro atoms. The van der Waals surface area contributed by atoms with Crippen molar-refractivity contribution in [1.29, 1.82) is 0 Å². The Bertz CT molecular complexity index is 581. The maximum atomic E-state index is 5.44. The van der Waals surface area contributed by atoms with E-state index < -0.39 is 0 Å². The summed E-state index contributed by atoms with van der Waals surface area (Å²) in [5, 5.41) is 6.93. The Hall–Kier alpha value is -0.580. The number of ether oxygens (including phenoxy) is 2. The Morgan fingerprint density at radius 2 is 2.04 bits per heavy atom. The molecule has 154 valence electrons. The zero-order valence-corrected chi connectivity index (χ0v) is 20.4. The predicted molar refractivity (Wildman–Crippen MR) is 125 cm³/mol. The summed E-state index contributed by atoms with van der Waals surface area (Å²) < 4.78 is 11.6. The second-order valence-electron chi connectivity index (χ2n) is 6.40. The van der Waals surface area contributed by atoms with Crippen molar-refractivity contribution in [3.63, 3.8) is 0 Å². The third-order valence-corrected chi connectivity index (χ3v) is 5.03. The molecule has 1 aliphatic rings. The number of hydrogen-bond donors (Lipinski definition) is 2. The van der Waals surface area contributed by atoms with Gasteiger partial charge in [-0.2, -0.15) is 0 Å². The van der Waals surface area contributed by atoms with Crippen LogP contribution in [0.15, 0.2) is 27.7 Å². The van der Waals surface area contributed by atoms with Gasteiger partial charge in [0.2, 0.25) is 0 Å². The molecule has 0 radical (unpaired) electrons. The number of hydrogen-bond acceptors (Lipinski definition) is 4. The lowest BCUT2D eigenvalue weighted by molar-refractivity contribution is 0.128. The molecule has 0 bridgehead atoms. The van der Waals surface area contributed by atoms with E-state index in [-0.39, 0.29) is 24.0 Å². The number of rotatable bonds is 8. The van der Waals surface area contributed by atoms with Gasteiger partial charge in [0.1, 0.15) is 5.75 Å². The molecule has 0 amide bonds. The highest BCUT2D eigenvalue weighted by molar-refractivity contribution is 14.0. The average Bonchev–Trinajstić information content (AvgIpc) is 2.66. The Morgan fingerprint density at radius 3 is 2.67 bits per heavy atom. The molecule has 2 rings (SSSR count). The molecule has 1 aromatic carbocycles. The Balaban J connectivity index is 0.00000364. The fourth-order valence-corrected chi connectivity index (χ4v) is 3.48. The minimum atomic E-state index is 0. The van der Waals surface area contributed by atoms with E-state index in [1.807, 2.05) is 12.1 Å². The lowest BCUT2D eigenvalue weighted by atomic mass is 10.1. The predicted octanol–water partition coefficient (Wildman–Crippen LogP) is 3.24. The molecule has 1 fully saturated rings. The van der Waals surface area contributed by atoms with Gasteiger partial charge in [-0.15, -0.1) is 24.0 Å². The molecule has 27 heavy (non-hydrogen) atoms. The smallest absolute Gasteiger partial charge is 0.191 e. The topological polar surface area (TPSA) is 58.1 Å². The summed E-state index contributed by atoms with van der Waals surface area (Å²) in [7, 11) is 3.45. The van der Waals surface area contributed by atoms with Gasteiger partial charge >= 0.3 is 0 Å². The van der Waals surface area contributed by atoms with Gasteiger partial charge < -0.3 is 25.0 Å². The SMILES string of the molecule is CCNC(=NCc1cc(Br)ccc1OC)NC1CCN(CCOC)CC1.I. The van der Waals surface area contributed by atoms with Gasteiger partial charge in [0.25, 0.3) is 0 Å². The number of halogens is 2. The number of piperidine rings is 1. The molecule has 0 aliphatic carbocycles. The van der Waals surface area contributed by atoms with Crippen LogP contribution in [0, 0.1) is 0 Å². The molecular weight excluding hydrogens is 523 g/mol. The molecule has 1 aromatic rings. The third-order valence-electron chi connectivity index (χ3n) is 4.53. The van der Waals surface area contributed by atoms with E-state index in [2.05, 4.69) is 44.5 Å². The molecule has 2 N–H and O–H groups in total. The van der Waals surface area contributed by atoms with Crippen LogP contribution in [0.5, 0.6) is 5.75 Å². The van der Waals surface area contributed by atoms with E-state index in [4.69, 9.17) is 14.5 Å². The van der Waals surface area contributed by atoms with E-state index in [1.165, 1.54) is 0 Å². The number of likely N-dealkylation sites (tertiary alicyclic amines) is 1. The highest BCUT2D eigenvalue weighted by Gasteiger charge is 2.19. The van der Waals surface area contributed by atoms with Crippen LogP contribution in [0.3, 0.4) is 0 Å². The van der Waals surface area contributed by atoms with Gasteiger partial charge in [0.15, 0.2) is 5.96 Å². The molecule has 0 aromatic heterocycles. The zero-order chi connectivity index (χ0) is 18.8. The monoisotopic (exact) mass is 554 g/mol. The number of benzene rings is 1. The highest BCUT2D eigenvalue weighted by Crippen LogP contribution is 2.23. The standard InChI is InChI=1S/C19H31BrN4O2.HI/c1-4-21-19(22-14-15-13-16(20)5-6-18(15)26-3)23-17-7-9-24(10-8-17)11-12-25-2;/h5-6,13,17H,4,7-12,14H2,1-3H3,(H2,21,22,23);1H. The van der Waals surface area contributed by atoms with Crippen LogP contribution < -0.4 is 15.4 Å². The number of aliphatic imine (C=N–C) groups is 1. The summed E-state index contributed by atoms with van der Waals surface area (Å²) in [6.07, 6.45) is 2.24. The van der Waals surface area contributed by atoms with Crippen molar-refractivity contribution in [3.05, 3.63) is 28.2 Å². The first-order valence-electron chi connectivity index (χ1n) is 9.24. The van der Waals surface area contributed by atoms with Gasteiger partial charge in [-0.05, 0) is 38.0 Å². The van der Waals surface area contributed by atoms with Crippen LogP contribution in [0.25, 0.3) is 0 Å². The van der Waals surface area contributed by atoms with Crippen LogP contribution >= 0.6 is 39.9 Å². The Kier molecular flexibility index (Phi) is 12.3. The van der Waals surface area contributed by atoms with E-state index >= 15 is 0 Å². The highest BCUT2D eigenvalue weighted by atomic mass is 127. The van der Waals surface area contributed by atoms with Crippen molar-refractivity contribution >= 4 is 45.9 Å². The molecule has 1 saturated heterocycles. The van der Waals surface area contributed by atoms with E-state index in [1.54, 1.807) is 14.2 Å². The van der Waals surface area contributed by atoms with E-state index in [0.29, 0.717) is 12.6 Å². The number of guanidine groups is 1. The first-order chi connectivity index (χ1) is 12.7. The second kappa shape index (κ2) is 13.6. The molecule has 0 saturated carbocycles. The number of methoxy groups -OCH3 is 2. The summed E-state index contributed by atoms with van der Waals surface area (Å²) >= 11 is 3.52. The number of nitrogens with one attached hydrogen (secondary N) is 2. The largest absolute Gasteiger partial charge is 0.496 e. The summed E-state index contributed by atoms with van der Waals surface area (Å²) in [5.41, 5.74) is 1.06. The Morgan fingerprint density at radius 1 is 1.30 bits per heavy atom. The van der Waals surface area contributed by atoms with Crippen LogP contribution in [0.1, 0.15) is 25.3 Å². The van der Waals surface area contributed by atoms with Crippen molar-refractivity contribution in [1.82, 2.24) is 15.5 Å². The minimum absolute atomic E-state index is 0. The molecule has 0 unspecified atom stereocenters. The first-order valence-corrected chi connectivity index (χ1v) is 10.0. The van der Waals surface area contributed by atoms with Crippen molar-refractivity contribution in [2.24, 2.45) is 4.99 Å². The Labute approximate surface area is 188 Å². The van der Waals surface area contributed by atoms with Gasteiger partial charge in [-0.1, -0.05) is 15.9 Å². The van der Waals surface area contributed by atoms with E-state index in [0.717, 1.165) is 67.4 Å². The van der Waals surface area contributed by atoms with Crippen molar-refractivity contribution < 1.29 is 9.47 Å². The molecule has 1 heterocycles. The lowest BCUT2D eigenvalue weighted by Crippen LogP contribution is -2.49. The summed E-state index contributed by atoms with van der Waals surface area (Å²) in [4.78, 5) is 7.21. The van der Waals surface area contributed by atoms with Crippen LogP contribution in [-0.4, -0.2) is 63.9 Å². The van der Waals surface area contributed by atoms with Crippen LogP contribution in [0.2, 0.25) is 0 Å². The van der Waals surface area contributed by atoms with Crippen molar-refractivity contribution in [2.75, 3.05) is 47.0 Å². The average molecular weight is 555 g/mol. The second-order valence-corrected chi connectivity index (χ2v) is 7.32. The summed E-state index contributed by atoms with van der Waals surface area (Å²) in [6.45, 7) is 7.51. The van der Waals surface area contributed by atoms with Gasteiger partial charge in [0.05, 0.1) is 20.3 Å². The lowest BCUT2D eigenvalue weighted by Gasteiger charge is -2.32.